The van der Waals surface area contributed by atoms with Gasteiger partial charge in [-0.15, -0.1) is 0 Å². The number of anilines is 1. The molecule has 2 aliphatic heterocycles. The minimum absolute atomic E-state index is 0.131. The number of rotatable bonds is 3. The number of nitrogens with zero attached hydrogens (tertiary/aromatic N) is 2. The number of hydrogen-bond acceptors (Lipinski definition) is 6. The number of esters is 1. The van der Waals surface area contributed by atoms with Gasteiger partial charge in [0, 0.05) is 11.6 Å². The van der Waals surface area contributed by atoms with Crippen LogP contribution in [0.3, 0.4) is 0 Å². The molecule has 2 aromatic rings. The van der Waals surface area contributed by atoms with Crippen molar-refractivity contribution < 1.29 is 24.0 Å². The fourth-order valence-corrected chi connectivity index (χ4v) is 3.37. The van der Waals surface area contributed by atoms with Crippen molar-refractivity contribution in [1.82, 2.24) is 0 Å². The maximum atomic E-state index is 12.7. The number of amides is 1. The monoisotopic (exact) mass is 354 g/mol. The van der Waals surface area contributed by atoms with Crippen LogP contribution in [0.25, 0.3) is 0 Å². The number of non-ortho nitro benzene ring substituents is 1. The van der Waals surface area contributed by atoms with Crippen LogP contribution in [-0.4, -0.2) is 23.4 Å². The maximum absolute atomic E-state index is 12.7. The standard InChI is InChI=1S/C18H14N2O6/c1-2-25-18(22)15-16-11-8-7-10(20(23)24)9-14(11)26-13-6-4-3-5-12(13)19(16)17(15)21/h3-9,15-16H,2H2,1H3/t15-,16-/m0/s1. The molecule has 132 valence electrons. The first-order valence-electron chi connectivity index (χ1n) is 8.08. The number of β-lactam (4-membered cyclic amide) rings is 1. The van der Waals surface area contributed by atoms with Gasteiger partial charge in [-0.25, -0.2) is 0 Å². The van der Waals surface area contributed by atoms with Gasteiger partial charge in [-0.2, -0.15) is 0 Å². The molecule has 0 spiro atoms. The molecule has 0 unspecified atom stereocenters. The van der Waals surface area contributed by atoms with Gasteiger partial charge in [0.2, 0.25) is 5.91 Å². The summed E-state index contributed by atoms with van der Waals surface area (Å²) in [6.07, 6.45) is 0. The Bertz CT molecular complexity index is 941. The number of benzene rings is 2. The molecule has 2 aliphatic rings. The molecule has 0 N–H and O–H groups in total. The van der Waals surface area contributed by atoms with Crippen LogP contribution in [0.15, 0.2) is 42.5 Å². The summed E-state index contributed by atoms with van der Waals surface area (Å²) < 4.78 is 10.9. The Labute approximate surface area is 148 Å². The van der Waals surface area contributed by atoms with Gasteiger partial charge < -0.3 is 9.47 Å². The molecular weight excluding hydrogens is 340 g/mol. The Morgan fingerprint density at radius 1 is 1.27 bits per heavy atom. The predicted octanol–water partition coefficient (Wildman–Crippen LogP) is 2.97. The van der Waals surface area contributed by atoms with E-state index in [1.165, 1.54) is 23.1 Å². The summed E-state index contributed by atoms with van der Waals surface area (Å²) in [5.41, 5.74) is 0.916. The second-order valence-electron chi connectivity index (χ2n) is 5.93. The number of ether oxygens (including phenoxy) is 2. The molecule has 0 saturated carbocycles. The van der Waals surface area contributed by atoms with Crippen molar-refractivity contribution in [2.45, 2.75) is 13.0 Å². The van der Waals surface area contributed by atoms with Crippen molar-refractivity contribution in [2.24, 2.45) is 5.92 Å². The average Bonchev–Trinajstić information content (AvgIpc) is 2.73. The predicted molar refractivity (Wildman–Crippen MR) is 90.0 cm³/mol. The zero-order valence-electron chi connectivity index (χ0n) is 13.7. The van der Waals surface area contributed by atoms with Crippen LogP contribution < -0.4 is 9.64 Å². The molecule has 26 heavy (non-hydrogen) atoms. The number of fused-ring (bicyclic) bond motifs is 5. The zero-order chi connectivity index (χ0) is 18.4. The highest BCUT2D eigenvalue weighted by atomic mass is 16.6. The lowest BCUT2D eigenvalue weighted by Crippen LogP contribution is -2.58. The molecule has 0 aliphatic carbocycles. The van der Waals surface area contributed by atoms with Gasteiger partial charge in [-0.05, 0) is 25.1 Å². The lowest BCUT2D eigenvalue weighted by molar-refractivity contribution is -0.384. The van der Waals surface area contributed by atoms with Gasteiger partial charge >= 0.3 is 5.97 Å². The third-order valence-corrected chi connectivity index (χ3v) is 4.51. The molecule has 0 aromatic heterocycles. The van der Waals surface area contributed by atoms with Gasteiger partial charge in [0.05, 0.1) is 29.3 Å². The smallest absolute Gasteiger partial charge is 0.321 e. The fourth-order valence-electron chi connectivity index (χ4n) is 3.37. The second kappa shape index (κ2) is 5.83. The minimum Gasteiger partial charge on any atom is -0.465 e. The second-order valence-corrected chi connectivity index (χ2v) is 5.93. The third kappa shape index (κ3) is 2.22. The van der Waals surface area contributed by atoms with Gasteiger partial charge in [0.25, 0.3) is 5.69 Å². The number of para-hydroxylation sites is 2. The van der Waals surface area contributed by atoms with Crippen LogP contribution >= 0.6 is 0 Å². The van der Waals surface area contributed by atoms with E-state index in [2.05, 4.69) is 0 Å². The van der Waals surface area contributed by atoms with E-state index in [9.17, 15) is 19.7 Å². The van der Waals surface area contributed by atoms with Crippen molar-refractivity contribution in [2.75, 3.05) is 11.5 Å². The molecule has 8 heteroatoms. The number of nitro benzene ring substituents is 1. The molecule has 1 amide bonds. The fraction of sp³-hybridized carbons (Fsp3) is 0.222. The van der Waals surface area contributed by atoms with Gasteiger partial charge in [0.1, 0.15) is 5.75 Å². The van der Waals surface area contributed by atoms with E-state index in [-0.39, 0.29) is 24.0 Å². The first kappa shape index (κ1) is 16.1. The Balaban J connectivity index is 1.88. The van der Waals surface area contributed by atoms with Crippen molar-refractivity contribution in [3.63, 3.8) is 0 Å². The highest BCUT2D eigenvalue weighted by Crippen LogP contribution is 2.53. The largest absolute Gasteiger partial charge is 0.465 e. The first-order valence-corrected chi connectivity index (χ1v) is 8.08. The normalized spacial score (nSPS) is 19.9. The van der Waals surface area contributed by atoms with Crippen molar-refractivity contribution >= 4 is 23.3 Å². The summed E-state index contributed by atoms with van der Waals surface area (Å²) >= 11 is 0. The quantitative estimate of drug-likeness (QED) is 0.276. The Hall–Kier alpha value is -3.42. The Morgan fingerprint density at radius 3 is 2.77 bits per heavy atom. The molecule has 1 saturated heterocycles. The minimum atomic E-state index is -0.995. The number of carbonyl (C=O) groups excluding carboxylic acids is 2. The molecule has 0 bridgehead atoms. The summed E-state index contributed by atoms with van der Waals surface area (Å²) in [5, 5.41) is 11.1. The zero-order valence-corrected chi connectivity index (χ0v) is 13.7. The molecular formula is C18H14N2O6. The number of nitro groups is 1. The lowest BCUT2D eigenvalue weighted by Gasteiger charge is -2.44. The molecule has 0 radical (unpaired) electrons. The van der Waals surface area contributed by atoms with Gasteiger partial charge in [-0.1, -0.05) is 12.1 Å². The van der Waals surface area contributed by atoms with Crippen molar-refractivity contribution in [3.8, 4) is 11.5 Å². The summed E-state index contributed by atoms with van der Waals surface area (Å²) in [7, 11) is 0. The summed E-state index contributed by atoms with van der Waals surface area (Å²) in [6.45, 7) is 1.83. The van der Waals surface area contributed by atoms with Crippen LogP contribution in [0.1, 0.15) is 18.5 Å². The van der Waals surface area contributed by atoms with Crippen LogP contribution in [0, 0.1) is 16.0 Å². The Morgan fingerprint density at radius 2 is 2.04 bits per heavy atom. The van der Waals surface area contributed by atoms with Crippen LogP contribution in [0.5, 0.6) is 11.5 Å². The number of carbonyl (C=O) groups is 2. The Kier molecular flexibility index (Phi) is 3.61. The average molecular weight is 354 g/mol. The van der Waals surface area contributed by atoms with E-state index < -0.39 is 22.9 Å². The van der Waals surface area contributed by atoms with Crippen LogP contribution in [-0.2, 0) is 14.3 Å². The SMILES string of the molecule is CCOC(=O)[C@@H]1C(=O)N2c3ccccc3Oc3cc([N+](=O)[O-])ccc3[C@@H]12. The van der Waals surface area contributed by atoms with E-state index in [1.807, 2.05) is 0 Å². The first-order chi connectivity index (χ1) is 12.5. The molecule has 1 fully saturated rings. The van der Waals surface area contributed by atoms with Crippen LogP contribution in [0.2, 0.25) is 0 Å². The van der Waals surface area contributed by atoms with Gasteiger partial charge in [0.15, 0.2) is 11.7 Å². The van der Waals surface area contributed by atoms with E-state index in [1.54, 1.807) is 31.2 Å². The third-order valence-electron chi connectivity index (χ3n) is 4.51. The van der Waals surface area contributed by atoms with E-state index in [4.69, 9.17) is 9.47 Å². The lowest BCUT2D eigenvalue weighted by atomic mass is 9.81. The molecule has 2 aromatic carbocycles. The highest BCUT2D eigenvalue weighted by molar-refractivity contribution is 6.15. The summed E-state index contributed by atoms with van der Waals surface area (Å²) in [6, 6.07) is 10.4. The highest BCUT2D eigenvalue weighted by Gasteiger charge is 2.56. The van der Waals surface area contributed by atoms with Crippen molar-refractivity contribution in [1.29, 1.82) is 0 Å². The molecule has 2 atom stereocenters. The van der Waals surface area contributed by atoms with Crippen molar-refractivity contribution in [3.05, 3.63) is 58.1 Å². The van der Waals surface area contributed by atoms with Crippen LogP contribution in [0.4, 0.5) is 11.4 Å². The van der Waals surface area contributed by atoms with E-state index in [0.29, 0.717) is 17.0 Å². The summed E-state index contributed by atoms with van der Waals surface area (Å²) in [4.78, 5) is 37.0. The molecule has 4 rings (SSSR count). The number of hydrogen-bond donors (Lipinski definition) is 0. The topological polar surface area (TPSA) is 99.0 Å². The van der Waals surface area contributed by atoms with E-state index >= 15 is 0 Å². The van der Waals surface area contributed by atoms with E-state index in [0.717, 1.165) is 0 Å². The van der Waals surface area contributed by atoms with Gasteiger partial charge in [-0.3, -0.25) is 24.6 Å². The molecule has 2 heterocycles. The molecule has 8 nitrogen and oxygen atoms in total. The summed E-state index contributed by atoms with van der Waals surface area (Å²) in [5.74, 6) is -1.34. The maximum Gasteiger partial charge on any atom is 0.321 e.